The number of hydrogen-bond acceptors (Lipinski definition) is 2. The maximum absolute atomic E-state index is 11.2. The molecular formula is C11H15NO2. The van der Waals surface area contributed by atoms with Crippen molar-refractivity contribution in [3.63, 3.8) is 0 Å². The first kappa shape index (κ1) is 9.51. The van der Waals surface area contributed by atoms with Crippen LogP contribution in [0.25, 0.3) is 0 Å². The summed E-state index contributed by atoms with van der Waals surface area (Å²) in [5.41, 5.74) is -0.585. The van der Waals surface area contributed by atoms with Crippen LogP contribution in [0.4, 0.5) is 0 Å². The van der Waals surface area contributed by atoms with Gasteiger partial charge >= 0.3 is 5.97 Å². The van der Waals surface area contributed by atoms with Gasteiger partial charge in [-0.05, 0) is 37.5 Å². The van der Waals surface area contributed by atoms with Crippen molar-refractivity contribution in [3.8, 4) is 6.07 Å². The van der Waals surface area contributed by atoms with Gasteiger partial charge in [0.2, 0.25) is 0 Å². The van der Waals surface area contributed by atoms with Crippen molar-refractivity contribution in [2.75, 3.05) is 0 Å². The molecule has 2 saturated carbocycles. The lowest BCUT2D eigenvalue weighted by Gasteiger charge is -2.37. The summed E-state index contributed by atoms with van der Waals surface area (Å²) in [6, 6.07) is 2.31. The first-order valence-corrected chi connectivity index (χ1v) is 5.14. The number of aliphatic carboxylic acids is 1. The minimum Gasteiger partial charge on any atom is -0.481 e. The zero-order chi connectivity index (χ0) is 10.5. The second-order valence-corrected chi connectivity index (χ2v) is 4.94. The van der Waals surface area contributed by atoms with E-state index in [4.69, 9.17) is 5.26 Å². The van der Waals surface area contributed by atoms with E-state index in [9.17, 15) is 9.90 Å². The summed E-state index contributed by atoms with van der Waals surface area (Å²) < 4.78 is 0. The highest BCUT2D eigenvalue weighted by atomic mass is 16.4. The van der Waals surface area contributed by atoms with E-state index in [1.807, 2.05) is 13.8 Å². The number of fused-ring (bicyclic) bond motifs is 2. The van der Waals surface area contributed by atoms with E-state index >= 15 is 0 Å². The number of nitriles is 1. The third kappa shape index (κ3) is 0.890. The Kier molecular flexibility index (Phi) is 1.85. The Morgan fingerprint density at radius 2 is 2.21 bits per heavy atom. The first-order valence-electron chi connectivity index (χ1n) is 5.14. The van der Waals surface area contributed by atoms with E-state index in [2.05, 4.69) is 6.07 Å². The van der Waals surface area contributed by atoms with E-state index in [1.54, 1.807) is 0 Å². The fraction of sp³-hybridized carbons (Fsp3) is 0.818. The lowest BCUT2D eigenvalue weighted by molar-refractivity contribution is -0.154. The van der Waals surface area contributed by atoms with Crippen molar-refractivity contribution in [2.24, 2.45) is 29.1 Å². The van der Waals surface area contributed by atoms with Crippen LogP contribution < -0.4 is 0 Å². The molecule has 14 heavy (non-hydrogen) atoms. The third-order valence-corrected chi connectivity index (χ3v) is 4.67. The predicted octanol–water partition coefficient (Wildman–Crippen LogP) is 1.89. The molecular weight excluding hydrogens is 178 g/mol. The molecule has 0 aliphatic heterocycles. The Morgan fingerprint density at radius 3 is 2.64 bits per heavy atom. The zero-order valence-corrected chi connectivity index (χ0v) is 8.53. The van der Waals surface area contributed by atoms with Crippen molar-refractivity contribution in [3.05, 3.63) is 0 Å². The average molecular weight is 193 g/mol. The maximum atomic E-state index is 11.2. The van der Waals surface area contributed by atoms with E-state index in [-0.39, 0.29) is 17.8 Å². The van der Waals surface area contributed by atoms with Gasteiger partial charge in [-0.3, -0.25) is 4.79 Å². The number of rotatable bonds is 1. The molecule has 2 aliphatic carbocycles. The number of nitrogens with zero attached hydrogens (tertiary/aromatic N) is 1. The molecule has 0 aromatic carbocycles. The van der Waals surface area contributed by atoms with Crippen LogP contribution in [-0.2, 0) is 4.79 Å². The molecule has 0 spiro atoms. The van der Waals surface area contributed by atoms with E-state index in [0.717, 1.165) is 12.8 Å². The van der Waals surface area contributed by atoms with Crippen LogP contribution in [0.1, 0.15) is 26.7 Å². The van der Waals surface area contributed by atoms with Crippen molar-refractivity contribution in [1.29, 1.82) is 5.26 Å². The van der Waals surface area contributed by atoms with Gasteiger partial charge in [0.1, 0.15) is 0 Å². The Hall–Kier alpha value is -1.04. The molecule has 76 valence electrons. The highest BCUT2D eigenvalue weighted by Gasteiger charge is 2.61. The van der Waals surface area contributed by atoms with E-state index in [0.29, 0.717) is 5.92 Å². The van der Waals surface area contributed by atoms with Gasteiger partial charge < -0.3 is 5.11 Å². The van der Waals surface area contributed by atoms with Gasteiger partial charge in [0.15, 0.2) is 0 Å². The zero-order valence-electron chi connectivity index (χ0n) is 8.53. The van der Waals surface area contributed by atoms with Crippen LogP contribution in [0.15, 0.2) is 0 Å². The molecule has 2 bridgehead atoms. The molecule has 5 atom stereocenters. The van der Waals surface area contributed by atoms with Crippen LogP contribution in [0.5, 0.6) is 0 Å². The fourth-order valence-corrected chi connectivity index (χ4v) is 3.45. The summed E-state index contributed by atoms with van der Waals surface area (Å²) in [6.07, 6.45) is 1.72. The van der Waals surface area contributed by atoms with Crippen molar-refractivity contribution >= 4 is 5.97 Å². The lowest BCUT2D eigenvalue weighted by Crippen LogP contribution is -2.41. The molecule has 0 radical (unpaired) electrons. The second-order valence-electron chi connectivity index (χ2n) is 4.94. The summed E-state index contributed by atoms with van der Waals surface area (Å²) in [5.74, 6) is 0.0791. The molecule has 0 aromatic rings. The maximum Gasteiger partial charge on any atom is 0.309 e. The van der Waals surface area contributed by atoms with Crippen LogP contribution in [0.3, 0.4) is 0 Å². The lowest BCUT2D eigenvalue weighted by atomic mass is 9.65. The van der Waals surface area contributed by atoms with Crippen LogP contribution in [0, 0.1) is 40.4 Å². The standard InChI is InChI=1S/C11H15NO2/c1-6-9-4-8(3-7(9)5-12)11(6,2)10(13)14/h6-9H,3-4H2,1-2H3,(H,13,14). The molecule has 3 nitrogen and oxygen atoms in total. The van der Waals surface area contributed by atoms with Gasteiger partial charge in [0.25, 0.3) is 0 Å². The van der Waals surface area contributed by atoms with Gasteiger partial charge in [-0.1, -0.05) is 6.92 Å². The second kappa shape index (κ2) is 2.73. The monoisotopic (exact) mass is 193 g/mol. The number of carboxylic acid groups (broad SMARTS) is 1. The molecule has 2 aliphatic rings. The summed E-state index contributed by atoms with van der Waals surface area (Å²) in [4.78, 5) is 11.2. The molecule has 0 heterocycles. The summed E-state index contributed by atoms with van der Waals surface area (Å²) >= 11 is 0. The van der Waals surface area contributed by atoms with Crippen molar-refractivity contribution < 1.29 is 9.90 Å². The average Bonchev–Trinajstić information content (AvgIpc) is 2.66. The predicted molar refractivity (Wildman–Crippen MR) is 50.2 cm³/mol. The number of carbonyl (C=O) groups is 1. The Balaban J connectivity index is 2.31. The van der Waals surface area contributed by atoms with Crippen LogP contribution in [-0.4, -0.2) is 11.1 Å². The molecule has 2 fully saturated rings. The Morgan fingerprint density at radius 1 is 1.57 bits per heavy atom. The number of hydrogen-bond donors (Lipinski definition) is 1. The molecule has 3 heteroatoms. The smallest absolute Gasteiger partial charge is 0.309 e. The summed E-state index contributed by atoms with van der Waals surface area (Å²) in [6.45, 7) is 3.83. The molecule has 0 saturated heterocycles. The fourth-order valence-electron chi connectivity index (χ4n) is 3.45. The SMILES string of the molecule is CC1C2CC(CC2C#N)C1(C)C(=O)O. The first-order chi connectivity index (χ1) is 6.51. The highest BCUT2D eigenvalue weighted by Crippen LogP contribution is 2.61. The van der Waals surface area contributed by atoms with Crippen molar-refractivity contribution in [1.82, 2.24) is 0 Å². The van der Waals surface area contributed by atoms with E-state index < -0.39 is 11.4 Å². The van der Waals surface area contributed by atoms with Gasteiger partial charge in [-0.25, -0.2) is 0 Å². The quantitative estimate of drug-likeness (QED) is 0.691. The van der Waals surface area contributed by atoms with E-state index in [1.165, 1.54) is 0 Å². The molecule has 2 rings (SSSR count). The highest BCUT2D eigenvalue weighted by molar-refractivity contribution is 5.76. The largest absolute Gasteiger partial charge is 0.481 e. The van der Waals surface area contributed by atoms with Gasteiger partial charge in [-0.15, -0.1) is 0 Å². The summed E-state index contributed by atoms with van der Waals surface area (Å²) in [7, 11) is 0. The number of carboxylic acids is 1. The molecule has 0 amide bonds. The normalized spacial score (nSPS) is 50.4. The topological polar surface area (TPSA) is 61.1 Å². The van der Waals surface area contributed by atoms with Gasteiger partial charge in [0.05, 0.1) is 11.5 Å². The molecule has 5 unspecified atom stereocenters. The Bertz CT molecular complexity index is 316. The van der Waals surface area contributed by atoms with Crippen molar-refractivity contribution in [2.45, 2.75) is 26.7 Å². The summed E-state index contributed by atoms with van der Waals surface area (Å²) in [5, 5.41) is 18.2. The minimum atomic E-state index is -0.686. The molecule has 0 aromatic heterocycles. The van der Waals surface area contributed by atoms with Crippen LogP contribution >= 0.6 is 0 Å². The van der Waals surface area contributed by atoms with Gasteiger partial charge in [0, 0.05) is 5.92 Å². The van der Waals surface area contributed by atoms with Crippen LogP contribution in [0.2, 0.25) is 0 Å². The Labute approximate surface area is 83.7 Å². The minimum absolute atomic E-state index is 0.0995. The van der Waals surface area contributed by atoms with Gasteiger partial charge in [-0.2, -0.15) is 5.26 Å². The third-order valence-electron chi connectivity index (χ3n) is 4.67. The molecule has 1 N–H and O–H groups in total.